The SMILES string of the molecule is CO[C@@H]1CCN(Cc2cc(C)on2)[C@@H]2CN(CC3CC3)C[C@@H]21. The Hall–Kier alpha value is -0.910. The highest BCUT2D eigenvalue weighted by atomic mass is 16.5. The molecule has 5 nitrogen and oxygen atoms in total. The number of fused-ring (bicyclic) bond motifs is 1. The van der Waals surface area contributed by atoms with Crippen molar-refractivity contribution in [2.45, 2.75) is 44.9 Å². The predicted molar refractivity (Wildman–Crippen MR) is 83.5 cm³/mol. The van der Waals surface area contributed by atoms with Gasteiger partial charge in [0.1, 0.15) is 5.76 Å². The summed E-state index contributed by atoms with van der Waals surface area (Å²) >= 11 is 0. The molecule has 2 aliphatic heterocycles. The second kappa shape index (κ2) is 5.95. The lowest BCUT2D eigenvalue weighted by Crippen LogP contribution is -2.50. The van der Waals surface area contributed by atoms with Crippen LogP contribution >= 0.6 is 0 Å². The van der Waals surface area contributed by atoms with Gasteiger partial charge in [-0.2, -0.15) is 0 Å². The molecule has 1 saturated carbocycles. The summed E-state index contributed by atoms with van der Waals surface area (Å²) in [4.78, 5) is 5.27. The fourth-order valence-electron chi connectivity index (χ4n) is 4.32. The molecule has 122 valence electrons. The quantitative estimate of drug-likeness (QED) is 0.831. The van der Waals surface area contributed by atoms with Gasteiger partial charge in [0, 0.05) is 57.9 Å². The molecule has 0 bridgehead atoms. The number of rotatable bonds is 5. The number of aromatic nitrogens is 1. The smallest absolute Gasteiger partial charge is 0.133 e. The van der Waals surface area contributed by atoms with Crippen molar-refractivity contribution >= 4 is 0 Å². The van der Waals surface area contributed by atoms with Gasteiger partial charge in [0.2, 0.25) is 0 Å². The molecule has 2 saturated heterocycles. The van der Waals surface area contributed by atoms with Gasteiger partial charge < -0.3 is 14.2 Å². The highest BCUT2D eigenvalue weighted by Gasteiger charge is 2.45. The van der Waals surface area contributed by atoms with E-state index < -0.39 is 0 Å². The summed E-state index contributed by atoms with van der Waals surface area (Å²) in [7, 11) is 1.88. The van der Waals surface area contributed by atoms with Crippen LogP contribution in [0.25, 0.3) is 0 Å². The van der Waals surface area contributed by atoms with Crippen LogP contribution in [0, 0.1) is 18.8 Å². The summed E-state index contributed by atoms with van der Waals surface area (Å²) in [6, 6.07) is 2.67. The largest absolute Gasteiger partial charge is 0.381 e. The number of methoxy groups -OCH3 is 1. The van der Waals surface area contributed by atoms with E-state index in [4.69, 9.17) is 9.26 Å². The number of ether oxygens (including phenoxy) is 1. The van der Waals surface area contributed by atoms with Crippen LogP contribution in [0.15, 0.2) is 10.6 Å². The fraction of sp³-hybridized carbons (Fsp3) is 0.824. The van der Waals surface area contributed by atoms with Crippen LogP contribution in [0.5, 0.6) is 0 Å². The van der Waals surface area contributed by atoms with Gasteiger partial charge in [-0.3, -0.25) is 4.90 Å². The van der Waals surface area contributed by atoms with Gasteiger partial charge in [0.05, 0.1) is 11.8 Å². The molecular formula is C17H27N3O2. The molecule has 3 fully saturated rings. The third-order valence-electron chi connectivity index (χ3n) is 5.61. The number of hydrogen-bond donors (Lipinski definition) is 0. The van der Waals surface area contributed by atoms with Crippen molar-refractivity contribution in [3.8, 4) is 0 Å². The monoisotopic (exact) mass is 305 g/mol. The number of piperidine rings is 1. The third-order valence-corrected chi connectivity index (χ3v) is 5.61. The van der Waals surface area contributed by atoms with Crippen LogP contribution in [0.2, 0.25) is 0 Å². The van der Waals surface area contributed by atoms with Gasteiger partial charge in [-0.1, -0.05) is 5.16 Å². The summed E-state index contributed by atoms with van der Waals surface area (Å²) in [5.74, 6) is 2.51. The second-order valence-corrected chi connectivity index (χ2v) is 7.36. The normalized spacial score (nSPS) is 33.3. The minimum Gasteiger partial charge on any atom is -0.381 e. The van der Waals surface area contributed by atoms with Crippen LogP contribution in [-0.2, 0) is 11.3 Å². The average molecular weight is 305 g/mol. The maximum Gasteiger partial charge on any atom is 0.133 e. The molecule has 3 heterocycles. The Kier molecular flexibility index (Phi) is 3.96. The first-order chi connectivity index (χ1) is 10.7. The van der Waals surface area contributed by atoms with Crippen LogP contribution < -0.4 is 0 Å². The Balaban J connectivity index is 1.45. The molecule has 22 heavy (non-hydrogen) atoms. The van der Waals surface area contributed by atoms with E-state index in [-0.39, 0.29) is 0 Å². The molecule has 1 aliphatic carbocycles. The van der Waals surface area contributed by atoms with Crippen LogP contribution in [0.4, 0.5) is 0 Å². The molecule has 1 aromatic rings. The molecule has 3 atom stereocenters. The van der Waals surface area contributed by atoms with Gasteiger partial charge in [0.25, 0.3) is 0 Å². The van der Waals surface area contributed by atoms with E-state index in [1.807, 2.05) is 14.0 Å². The van der Waals surface area contributed by atoms with Crippen LogP contribution in [-0.4, -0.2) is 60.4 Å². The topological polar surface area (TPSA) is 41.7 Å². The first-order valence-corrected chi connectivity index (χ1v) is 8.64. The molecule has 0 N–H and O–H groups in total. The predicted octanol–water partition coefficient (Wildman–Crippen LogP) is 1.91. The number of likely N-dealkylation sites (tertiary alicyclic amines) is 2. The van der Waals surface area contributed by atoms with Crippen molar-refractivity contribution < 1.29 is 9.26 Å². The Morgan fingerprint density at radius 3 is 2.86 bits per heavy atom. The van der Waals surface area contributed by atoms with Crippen LogP contribution in [0.1, 0.15) is 30.7 Å². The second-order valence-electron chi connectivity index (χ2n) is 7.36. The van der Waals surface area contributed by atoms with Crippen molar-refractivity contribution in [1.82, 2.24) is 15.0 Å². The lowest BCUT2D eigenvalue weighted by Gasteiger charge is -2.40. The van der Waals surface area contributed by atoms with Gasteiger partial charge in [-0.05, 0) is 32.1 Å². The highest BCUT2D eigenvalue weighted by Crippen LogP contribution is 2.36. The first-order valence-electron chi connectivity index (χ1n) is 8.64. The van der Waals surface area contributed by atoms with Gasteiger partial charge >= 0.3 is 0 Å². The Morgan fingerprint density at radius 2 is 2.18 bits per heavy atom. The number of aryl methyl sites for hydroxylation is 1. The molecule has 0 aromatic carbocycles. The molecule has 0 amide bonds. The van der Waals surface area contributed by atoms with Crippen molar-refractivity contribution in [3.63, 3.8) is 0 Å². The maximum atomic E-state index is 5.79. The van der Waals surface area contributed by atoms with E-state index in [2.05, 4.69) is 21.0 Å². The summed E-state index contributed by atoms with van der Waals surface area (Å²) in [5, 5.41) is 4.18. The molecule has 0 spiro atoms. The molecule has 4 rings (SSSR count). The summed E-state index contributed by atoms with van der Waals surface area (Å²) < 4.78 is 11.0. The Labute approximate surface area is 132 Å². The first kappa shape index (κ1) is 14.7. The van der Waals surface area contributed by atoms with Gasteiger partial charge in [-0.25, -0.2) is 0 Å². The average Bonchev–Trinajstić information content (AvgIpc) is 3.05. The fourth-order valence-corrected chi connectivity index (χ4v) is 4.32. The molecule has 5 heteroatoms. The lowest BCUT2D eigenvalue weighted by atomic mass is 9.89. The Bertz CT molecular complexity index is 514. The van der Waals surface area contributed by atoms with E-state index in [0.29, 0.717) is 18.1 Å². The van der Waals surface area contributed by atoms with Crippen molar-refractivity contribution in [1.29, 1.82) is 0 Å². The molecule has 0 unspecified atom stereocenters. The summed E-state index contributed by atoms with van der Waals surface area (Å²) in [6.07, 6.45) is 4.42. The van der Waals surface area contributed by atoms with E-state index >= 15 is 0 Å². The van der Waals surface area contributed by atoms with Gasteiger partial charge in [-0.15, -0.1) is 0 Å². The van der Waals surface area contributed by atoms with Crippen LogP contribution in [0.3, 0.4) is 0 Å². The minimum absolute atomic E-state index is 0.421. The molecular weight excluding hydrogens is 278 g/mol. The van der Waals surface area contributed by atoms with E-state index in [1.54, 1.807) is 0 Å². The zero-order chi connectivity index (χ0) is 15.1. The van der Waals surface area contributed by atoms with E-state index in [9.17, 15) is 0 Å². The maximum absolute atomic E-state index is 5.79. The molecule has 3 aliphatic rings. The van der Waals surface area contributed by atoms with Crippen molar-refractivity contribution in [3.05, 3.63) is 17.5 Å². The summed E-state index contributed by atoms with van der Waals surface area (Å²) in [5.41, 5.74) is 1.06. The van der Waals surface area contributed by atoms with Crippen molar-refractivity contribution in [2.24, 2.45) is 11.8 Å². The van der Waals surface area contributed by atoms with Crippen molar-refractivity contribution in [2.75, 3.05) is 33.3 Å². The molecule has 1 aromatic heterocycles. The number of nitrogens with zero attached hydrogens (tertiary/aromatic N) is 3. The Morgan fingerprint density at radius 1 is 1.32 bits per heavy atom. The zero-order valence-corrected chi connectivity index (χ0v) is 13.7. The van der Waals surface area contributed by atoms with Gasteiger partial charge in [0.15, 0.2) is 0 Å². The standard InChI is InChI=1S/C17H27N3O2/c1-12-7-14(18-22-12)9-20-6-5-17(21-2)15-10-19(11-16(15)20)8-13-3-4-13/h7,13,15-17H,3-6,8-11H2,1-2H3/t15-,16+,17+/m0/s1. The lowest BCUT2D eigenvalue weighted by molar-refractivity contribution is -0.0250. The number of hydrogen-bond acceptors (Lipinski definition) is 5. The minimum atomic E-state index is 0.421. The highest BCUT2D eigenvalue weighted by molar-refractivity contribution is 5.06. The van der Waals surface area contributed by atoms with E-state index in [0.717, 1.165) is 36.9 Å². The summed E-state index contributed by atoms with van der Waals surface area (Å²) in [6.45, 7) is 7.66. The van der Waals surface area contributed by atoms with E-state index in [1.165, 1.54) is 32.5 Å². The zero-order valence-electron chi connectivity index (χ0n) is 13.7. The third kappa shape index (κ3) is 2.94. The molecule has 0 radical (unpaired) electrons.